The lowest BCUT2D eigenvalue weighted by Crippen LogP contribution is -2.19. The van der Waals surface area contributed by atoms with E-state index < -0.39 is 22.2 Å². The molecule has 0 bridgehead atoms. The molecule has 1 aromatic rings. The van der Waals surface area contributed by atoms with Gasteiger partial charge in [0.1, 0.15) is 6.10 Å². The predicted molar refractivity (Wildman–Crippen MR) is 76.5 cm³/mol. The third-order valence-electron chi connectivity index (χ3n) is 2.63. The maximum absolute atomic E-state index is 11.1. The highest BCUT2D eigenvalue weighted by atomic mass is 32.2. The van der Waals surface area contributed by atoms with Crippen LogP contribution in [0, 0.1) is 0 Å². The van der Waals surface area contributed by atoms with Crippen LogP contribution in [0.5, 0.6) is 0 Å². The Hall–Kier alpha value is -0.930. The van der Waals surface area contributed by atoms with Crippen molar-refractivity contribution in [1.29, 1.82) is 0 Å². The van der Waals surface area contributed by atoms with E-state index >= 15 is 0 Å². The molecule has 0 amide bonds. The molecule has 0 spiro atoms. The Morgan fingerprint density at radius 3 is 2.30 bits per heavy atom. The average Bonchev–Trinajstić information content (AvgIpc) is 2.36. The van der Waals surface area contributed by atoms with Gasteiger partial charge in [-0.05, 0) is 24.1 Å². The van der Waals surface area contributed by atoms with Gasteiger partial charge in [-0.15, -0.1) is 0 Å². The molecule has 0 aliphatic heterocycles. The van der Waals surface area contributed by atoms with Gasteiger partial charge in [-0.25, -0.2) is 13.6 Å². The van der Waals surface area contributed by atoms with Crippen molar-refractivity contribution >= 4 is 26.9 Å². The summed E-state index contributed by atoms with van der Waals surface area (Å²) in [5, 5.41) is 24.6. The molecule has 0 radical (unpaired) electrons. The first kappa shape index (κ1) is 17.1. The normalized spacial score (nSPS) is 14.8. The number of aliphatic hydroxyl groups is 2. The first-order valence-corrected chi connectivity index (χ1v) is 8.37. The van der Waals surface area contributed by atoms with Crippen molar-refractivity contribution in [3.8, 4) is 0 Å². The van der Waals surface area contributed by atoms with Gasteiger partial charge in [0.2, 0.25) is 10.0 Å². The number of nitrogens with two attached hydrogens (primary N) is 1. The Kier molecular flexibility index (Phi) is 6.15. The van der Waals surface area contributed by atoms with Gasteiger partial charge in [0, 0.05) is 12.7 Å². The highest BCUT2D eigenvalue weighted by Crippen LogP contribution is 2.21. The standard InChI is InChI=1S/C12H17NO5S2/c1-8(14)19-7-6-11(15)12(16)9-2-4-10(5-3-9)20(13,17)18/h2-5,11-12,15-16H,6-7H2,1H3,(H2,13,17,18). The van der Waals surface area contributed by atoms with Gasteiger partial charge in [-0.1, -0.05) is 23.9 Å². The monoisotopic (exact) mass is 319 g/mol. The van der Waals surface area contributed by atoms with Gasteiger partial charge in [-0.3, -0.25) is 4.79 Å². The summed E-state index contributed by atoms with van der Waals surface area (Å²) in [5.74, 6) is 0.406. The van der Waals surface area contributed by atoms with Gasteiger partial charge >= 0.3 is 0 Å². The second kappa shape index (κ2) is 7.19. The first-order valence-electron chi connectivity index (χ1n) is 5.84. The molecule has 2 atom stereocenters. The van der Waals surface area contributed by atoms with Crippen LogP contribution >= 0.6 is 11.8 Å². The van der Waals surface area contributed by atoms with Crippen molar-refractivity contribution in [3.05, 3.63) is 29.8 Å². The smallest absolute Gasteiger partial charge is 0.238 e. The summed E-state index contributed by atoms with van der Waals surface area (Å²) >= 11 is 1.07. The van der Waals surface area contributed by atoms with Crippen LogP contribution in [-0.2, 0) is 14.8 Å². The molecule has 6 nitrogen and oxygen atoms in total. The second-order valence-electron chi connectivity index (χ2n) is 4.25. The molecule has 8 heteroatoms. The molecule has 1 aromatic carbocycles. The predicted octanol–water partition coefficient (Wildman–Crippen LogP) is 0.398. The lowest BCUT2D eigenvalue weighted by Gasteiger charge is -2.18. The fourth-order valence-corrected chi connectivity index (χ4v) is 2.72. The maximum atomic E-state index is 11.1. The number of sulfonamides is 1. The van der Waals surface area contributed by atoms with E-state index in [1.165, 1.54) is 31.2 Å². The van der Waals surface area contributed by atoms with Crippen molar-refractivity contribution in [3.63, 3.8) is 0 Å². The number of hydrogen-bond donors (Lipinski definition) is 3. The number of carbonyl (C=O) groups is 1. The molecule has 0 saturated carbocycles. The lowest BCUT2D eigenvalue weighted by atomic mass is 10.0. The largest absolute Gasteiger partial charge is 0.390 e. The minimum Gasteiger partial charge on any atom is -0.390 e. The number of aliphatic hydroxyl groups excluding tert-OH is 2. The zero-order valence-corrected chi connectivity index (χ0v) is 12.5. The fourth-order valence-electron chi connectivity index (χ4n) is 1.56. The third-order valence-corrected chi connectivity index (χ3v) is 4.41. The molecule has 1 rings (SSSR count). The quantitative estimate of drug-likeness (QED) is 0.698. The lowest BCUT2D eigenvalue weighted by molar-refractivity contribution is -0.109. The van der Waals surface area contributed by atoms with Gasteiger partial charge in [0.25, 0.3) is 0 Å². The average molecular weight is 319 g/mol. The number of benzene rings is 1. The molecule has 20 heavy (non-hydrogen) atoms. The van der Waals surface area contributed by atoms with Gasteiger partial charge < -0.3 is 10.2 Å². The summed E-state index contributed by atoms with van der Waals surface area (Å²) < 4.78 is 22.2. The van der Waals surface area contributed by atoms with Crippen LogP contribution < -0.4 is 5.14 Å². The van der Waals surface area contributed by atoms with E-state index in [4.69, 9.17) is 5.14 Å². The molecule has 0 aliphatic rings. The van der Waals surface area contributed by atoms with Crippen LogP contribution in [0.25, 0.3) is 0 Å². The Morgan fingerprint density at radius 2 is 1.85 bits per heavy atom. The Balaban J connectivity index is 2.67. The van der Waals surface area contributed by atoms with E-state index in [1.54, 1.807) is 0 Å². The number of carbonyl (C=O) groups excluding carboxylic acids is 1. The minimum absolute atomic E-state index is 0.0517. The summed E-state index contributed by atoms with van der Waals surface area (Å²) in [6.45, 7) is 1.43. The van der Waals surface area contributed by atoms with Crippen molar-refractivity contribution in [2.45, 2.75) is 30.4 Å². The molecule has 0 fully saturated rings. The Bertz CT molecular complexity index is 556. The van der Waals surface area contributed by atoms with Crippen LogP contribution in [0.1, 0.15) is 25.0 Å². The van der Waals surface area contributed by atoms with Crippen LogP contribution in [0.2, 0.25) is 0 Å². The van der Waals surface area contributed by atoms with E-state index in [2.05, 4.69) is 0 Å². The summed E-state index contributed by atoms with van der Waals surface area (Å²) in [6, 6.07) is 5.33. The van der Waals surface area contributed by atoms with E-state index in [0.29, 0.717) is 11.3 Å². The highest BCUT2D eigenvalue weighted by molar-refractivity contribution is 8.13. The first-order chi connectivity index (χ1) is 9.21. The number of primary sulfonamides is 1. The Labute approximate surface area is 122 Å². The van der Waals surface area contributed by atoms with E-state index in [-0.39, 0.29) is 16.4 Å². The van der Waals surface area contributed by atoms with Crippen molar-refractivity contribution < 1.29 is 23.4 Å². The van der Waals surface area contributed by atoms with Crippen LogP contribution in [-0.4, -0.2) is 35.6 Å². The molecule has 0 heterocycles. The zero-order valence-electron chi connectivity index (χ0n) is 10.9. The van der Waals surface area contributed by atoms with Gasteiger partial charge in [0.05, 0.1) is 11.0 Å². The van der Waals surface area contributed by atoms with Crippen molar-refractivity contribution in [2.75, 3.05) is 5.75 Å². The maximum Gasteiger partial charge on any atom is 0.238 e. The summed E-state index contributed by atoms with van der Waals surface area (Å²) in [5.41, 5.74) is 0.387. The highest BCUT2D eigenvalue weighted by Gasteiger charge is 2.19. The van der Waals surface area contributed by atoms with Crippen LogP contribution in [0.15, 0.2) is 29.2 Å². The topological polar surface area (TPSA) is 118 Å². The zero-order chi connectivity index (χ0) is 15.3. The van der Waals surface area contributed by atoms with Gasteiger partial charge in [-0.2, -0.15) is 0 Å². The van der Waals surface area contributed by atoms with Gasteiger partial charge in [0.15, 0.2) is 5.12 Å². The van der Waals surface area contributed by atoms with E-state index in [0.717, 1.165) is 11.8 Å². The number of thioether (sulfide) groups is 1. The molecular weight excluding hydrogens is 302 g/mol. The summed E-state index contributed by atoms with van der Waals surface area (Å²) in [4.78, 5) is 10.7. The van der Waals surface area contributed by atoms with Crippen molar-refractivity contribution in [1.82, 2.24) is 0 Å². The third kappa shape index (κ3) is 5.22. The molecule has 112 valence electrons. The molecule has 2 unspecified atom stereocenters. The molecule has 0 aliphatic carbocycles. The van der Waals surface area contributed by atoms with Crippen LogP contribution in [0.4, 0.5) is 0 Å². The second-order valence-corrected chi connectivity index (χ2v) is 7.09. The minimum atomic E-state index is -3.77. The molecule has 0 saturated heterocycles. The Morgan fingerprint density at radius 1 is 1.30 bits per heavy atom. The van der Waals surface area contributed by atoms with Crippen LogP contribution in [0.3, 0.4) is 0 Å². The molecule has 4 N–H and O–H groups in total. The summed E-state index contributed by atoms with van der Waals surface area (Å²) in [6.07, 6.45) is -1.92. The SMILES string of the molecule is CC(=O)SCCC(O)C(O)c1ccc(S(N)(=O)=O)cc1. The fraction of sp³-hybridized carbons (Fsp3) is 0.417. The molecule has 0 aromatic heterocycles. The molecular formula is C12H17NO5S2. The summed E-state index contributed by atoms with van der Waals surface area (Å²) in [7, 11) is -3.77. The number of rotatable bonds is 6. The number of hydrogen-bond acceptors (Lipinski definition) is 6. The van der Waals surface area contributed by atoms with E-state index in [1.807, 2.05) is 0 Å². The van der Waals surface area contributed by atoms with E-state index in [9.17, 15) is 23.4 Å². The van der Waals surface area contributed by atoms with Crippen molar-refractivity contribution in [2.24, 2.45) is 5.14 Å².